The lowest BCUT2D eigenvalue weighted by Crippen LogP contribution is -2.23. The average molecular weight is 130 g/mol. The molecule has 0 amide bonds. The van der Waals surface area contributed by atoms with Crippen molar-refractivity contribution in [1.82, 2.24) is 4.90 Å². The highest BCUT2D eigenvalue weighted by Crippen LogP contribution is 1.84. The fourth-order valence-electron chi connectivity index (χ4n) is 0.629. The zero-order valence-corrected chi connectivity index (χ0v) is 6.39. The van der Waals surface area contributed by atoms with Gasteiger partial charge in [-0.15, -0.1) is 0 Å². The van der Waals surface area contributed by atoms with E-state index in [1.54, 1.807) is 7.11 Å². The number of hydrogen-bond acceptors (Lipinski definition) is 2. The van der Waals surface area contributed by atoms with Crippen molar-refractivity contribution >= 4 is 0 Å². The van der Waals surface area contributed by atoms with Crippen molar-refractivity contribution in [2.24, 2.45) is 0 Å². The van der Waals surface area contributed by atoms with Gasteiger partial charge >= 0.3 is 0 Å². The summed E-state index contributed by atoms with van der Waals surface area (Å²) in [5.41, 5.74) is 0. The Hall–Kier alpha value is -0.0800. The van der Waals surface area contributed by atoms with E-state index in [0.29, 0.717) is 0 Å². The summed E-state index contributed by atoms with van der Waals surface area (Å²) in [5, 5.41) is 0. The minimum atomic E-state index is 0.816. The van der Waals surface area contributed by atoms with Gasteiger partial charge in [-0.1, -0.05) is 6.92 Å². The van der Waals surface area contributed by atoms with Gasteiger partial charge in [0.25, 0.3) is 0 Å². The van der Waals surface area contributed by atoms with Gasteiger partial charge in [0.05, 0.1) is 6.61 Å². The molecule has 0 aliphatic rings. The Kier molecular flexibility index (Phi) is 5.99. The predicted molar refractivity (Wildman–Crippen MR) is 39.3 cm³/mol. The van der Waals surface area contributed by atoms with Gasteiger partial charge in [0.1, 0.15) is 0 Å². The molecule has 0 aliphatic heterocycles. The van der Waals surface area contributed by atoms with Crippen LogP contribution in [0.15, 0.2) is 0 Å². The normalized spacial score (nSPS) is 10.7. The molecule has 0 aromatic heterocycles. The summed E-state index contributed by atoms with van der Waals surface area (Å²) < 4.78 is 4.90. The third-order valence-electron chi connectivity index (χ3n) is 1.22. The third kappa shape index (κ3) is 5.80. The molecule has 0 spiro atoms. The molecule has 0 atom stereocenters. The van der Waals surface area contributed by atoms with Crippen molar-refractivity contribution in [3.05, 3.63) is 6.92 Å². The van der Waals surface area contributed by atoms with Gasteiger partial charge in [0.15, 0.2) is 0 Å². The van der Waals surface area contributed by atoms with Crippen molar-refractivity contribution in [3.63, 3.8) is 0 Å². The maximum Gasteiger partial charge on any atom is 0.0589 e. The quantitative estimate of drug-likeness (QED) is 0.545. The number of nitrogens with zero attached hydrogens (tertiary/aromatic N) is 1. The van der Waals surface area contributed by atoms with Gasteiger partial charge in [0, 0.05) is 13.7 Å². The smallest absolute Gasteiger partial charge is 0.0589 e. The fourth-order valence-corrected chi connectivity index (χ4v) is 0.629. The second-order valence-corrected chi connectivity index (χ2v) is 2.15. The Labute approximate surface area is 57.8 Å². The maximum atomic E-state index is 4.90. The third-order valence-corrected chi connectivity index (χ3v) is 1.22. The van der Waals surface area contributed by atoms with Gasteiger partial charge < -0.3 is 9.64 Å². The van der Waals surface area contributed by atoms with Crippen molar-refractivity contribution in [2.45, 2.75) is 6.42 Å². The molecule has 0 rings (SSSR count). The highest BCUT2D eigenvalue weighted by molar-refractivity contribution is 4.50. The Morgan fingerprint density at radius 2 is 2.11 bits per heavy atom. The largest absolute Gasteiger partial charge is 0.383 e. The molecule has 0 saturated heterocycles. The van der Waals surface area contributed by atoms with Gasteiger partial charge in [-0.05, 0) is 20.0 Å². The van der Waals surface area contributed by atoms with E-state index in [9.17, 15) is 0 Å². The first-order valence-electron chi connectivity index (χ1n) is 3.28. The van der Waals surface area contributed by atoms with Crippen molar-refractivity contribution < 1.29 is 4.74 Å². The van der Waals surface area contributed by atoms with Crippen molar-refractivity contribution in [1.29, 1.82) is 0 Å². The first kappa shape index (κ1) is 8.92. The molecule has 0 heterocycles. The first-order valence-corrected chi connectivity index (χ1v) is 3.28. The number of ether oxygens (including phenoxy) is 1. The van der Waals surface area contributed by atoms with E-state index >= 15 is 0 Å². The second kappa shape index (κ2) is 6.05. The molecular formula is C7H16NO. The highest BCUT2D eigenvalue weighted by atomic mass is 16.5. The Balaban J connectivity index is 2.95. The van der Waals surface area contributed by atoms with Crippen LogP contribution in [0.1, 0.15) is 6.42 Å². The molecule has 0 aliphatic carbocycles. The standard InChI is InChI=1S/C7H16NO/c1-4-5-8(2)6-7-9-3/h1,4-7H2,2-3H3. The summed E-state index contributed by atoms with van der Waals surface area (Å²) in [7, 11) is 3.79. The summed E-state index contributed by atoms with van der Waals surface area (Å²) in [6.45, 7) is 6.63. The molecule has 2 nitrogen and oxygen atoms in total. The van der Waals surface area contributed by atoms with Gasteiger partial charge in [-0.3, -0.25) is 0 Å². The summed E-state index contributed by atoms with van der Waals surface area (Å²) in [5.74, 6) is 0. The molecule has 55 valence electrons. The Morgan fingerprint density at radius 3 is 2.56 bits per heavy atom. The summed E-state index contributed by atoms with van der Waals surface area (Å²) in [6.07, 6.45) is 0.972. The van der Waals surface area contributed by atoms with E-state index < -0.39 is 0 Å². The monoisotopic (exact) mass is 130 g/mol. The lowest BCUT2D eigenvalue weighted by molar-refractivity contribution is 0.162. The summed E-state index contributed by atoms with van der Waals surface area (Å²) in [6, 6.07) is 0. The van der Waals surface area contributed by atoms with Crippen LogP contribution in [0, 0.1) is 6.92 Å². The number of rotatable bonds is 5. The lowest BCUT2D eigenvalue weighted by Gasteiger charge is -2.13. The molecule has 0 bridgehead atoms. The van der Waals surface area contributed by atoms with Crippen LogP contribution in [0.5, 0.6) is 0 Å². The molecular weight excluding hydrogens is 114 g/mol. The minimum absolute atomic E-state index is 0.816. The first-order chi connectivity index (χ1) is 4.31. The molecule has 0 aromatic rings. The van der Waals surface area contributed by atoms with Crippen LogP contribution < -0.4 is 0 Å². The zero-order valence-electron chi connectivity index (χ0n) is 6.39. The molecule has 1 radical (unpaired) electrons. The lowest BCUT2D eigenvalue weighted by atomic mass is 10.4. The number of methoxy groups -OCH3 is 1. The van der Waals surface area contributed by atoms with Crippen molar-refractivity contribution in [2.75, 3.05) is 33.9 Å². The molecule has 2 heteroatoms. The topological polar surface area (TPSA) is 12.5 Å². The minimum Gasteiger partial charge on any atom is -0.383 e. The Morgan fingerprint density at radius 1 is 1.44 bits per heavy atom. The van der Waals surface area contributed by atoms with Gasteiger partial charge in [0.2, 0.25) is 0 Å². The maximum absolute atomic E-state index is 4.90. The fraction of sp³-hybridized carbons (Fsp3) is 0.857. The van der Waals surface area contributed by atoms with Gasteiger partial charge in [-0.2, -0.15) is 0 Å². The van der Waals surface area contributed by atoms with Crippen LogP contribution in [0.2, 0.25) is 0 Å². The summed E-state index contributed by atoms with van der Waals surface area (Å²) >= 11 is 0. The van der Waals surface area contributed by atoms with E-state index in [-0.39, 0.29) is 0 Å². The van der Waals surface area contributed by atoms with Crippen LogP contribution in [0.25, 0.3) is 0 Å². The van der Waals surface area contributed by atoms with Crippen LogP contribution in [0.3, 0.4) is 0 Å². The predicted octanol–water partition coefficient (Wildman–Crippen LogP) is 0.789. The SMILES string of the molecule is [CH2]CCN(C)CCOC. The average Bonchev–Trinajstić information content (AvgIpc) is 1.85. The van der Waals surface area contributed by atoms with E-state index in [1.807, 2.05) is 0 Å². The second-order valence-electron chi connectivity index (χ2n) is 2.15. The molecule has 9 heavy (non-hydrogen) atoms. The number of likely N-dealkylation sites (N-methyl/N-ethyl adjacent to an activating group) is 1. The molecule has 0 aromatic carbocycles. The Bertz CT molecular complexity index is 56.9. The van der Waals surface area contributed by atoms with Crippen LogP contribution >= 0.6 is 0 Å². The molecule has 0 N–H and O–H groups in total. The molecule has 0 saturated carbocycles. The molecule has 0 fully saturated rings. The van der Waals surface area contributed by atoms with Crippen LogP contribution in [-0.4, -0.2) is 38.8 Å². The van der Waals surface area contributed by atoms with Crippen molar-refractivity contribution in [3.8, 4) is 0 Å². The van der Waals surface area contributed by atoms with E-state index in [4.69, 9.17) is 4.74 Å². The van der Waals surface area contributed by atoms with Gasteiger partial charge in [-0.25, -0.2) is 0 Å². The molecule has 0 unspecified atom stereocenters. The zero-order chi connectivity index (χ0) is 7.11. The van der Waals surface area contributed by atoms with Crippen LogP contribution in [0.4, 0.5) is 0 Å². The number of hydrogen-bond donors (Lipinski definition) is 0. The summed E-state index contributed by atoms with van der Waals surface area (Å²) in [4.78, 5) is 2.20. The highest BCUT2D eigenvalue weighted by Gasteiger charge is 1.92. The van der Waals surface area contributed by atoms with E-state index in [2.05, 4.69) is 18.9 Å². The van der Waals surface area contributed by atoms with E-state index in [1.165, 1.54) is 0 Å². The van der Waals surface area contributed by atoms with Crippen LogP contribution in [-0.2, 0) is 4.74 Å². The van der Waals surface area contributed by atoms with E-state index in [0.717, 1.165) is 26.1 Å².